The molecule has 1 unspecified atom stereocenters. The van der Waals surface area contributed by atoms with E-state index in [9.17, 15) is 14.7 Å². The second-order valence-electron chi connectivity index (χ2n) is 6.94. The summed E-state index contributed by atoms with van der Waals surface area (Å²) in [5.74, 6) is -0.387. The Morgan fingerprint density at radius 2 is 2.08 bits per heavy atom. The first-order valence-electron chi connectivity index (χ1n) is 8.00. The Labute approximate surface area is 144 Å². The summed E-state index contributed by atoms with van der Waals surface area (Å²) in [5, 5.41) is 11.0. The van der Waals surface area contributed by atoms with Crippen molar-refractivity contribution >= 4 is 16.9 Å². The second-order valence-corrected chi connectivity index (χ2v) is 6.94. The van der Waals surface area contributed by atoms with Crippen LogP contribution in [0.25, 0.3) is 11.0 Å². The lowest BCUT2D eigenvalue weighted by Crippen LogP contribution is -2.43. The Balaban J connectivity index is 1.91. The molecule has 2 heterocycles. The molecule has 2 aromatic rings. The van der Waals surface area contributed by atoms with E-state index in [-0.39, 0.29) is 17.1 Å². The molecule has 0 amide bonds. The van der Waals surface area contributed by atoms with Crippen LogP contribution in [0.1, 0.15) is 33.3 Å². The molecule has 0 saturated heterocycles. The van der Waals surface area contributed by atoms with Gasteiger partial charge in [-0.15, -0.1) is 0 Å². The number of phenolic OH excluding ortho intramolecular Hbond substituents is 1. The molecule has 1 atom stereocenters. The summed E-state index contributed by atoms with van der Waals surface area (Å²) in [7, 11) is 0. The molecule has 1 aliphatic rings. The van der Waals surface area contributed by atoms with Gasteiger partial charge in [0.1, 0.15) is 11.7 Å². The minimum Gasteiger partial charge on any atom is -0.502 e. The van der Waals surface area contributed by atoms with Crippen molar-refractivity contribution in [2.45, 2.75) is 45.8 Å². The van der Waals surface area contributed by atoms with Crippen molar-refractivity contribution in [2.75, 3.05) is 0 Å². The summed E-state index contributed by atoms with van der Waals surface area (Å²) in [6, 6.07) is 4.70. The van der Waals surface area contributed by atoms with Crippen molar-refractivity contribution < 1.29 is 23.8 Å². The molecule has 25 heavy (non-hydrogen) atoms. The second kappa shape index (κ2) is 5.95. The zero-order chi connectivity index (χ0) is 18.4. The van der Waals surface area contributed by atoms with Crippen LogP contribution in [0.3, 0.4) is 0 Å². The smallest absolute Gasteiger partial charge is 0.336 e. The van der Waals surface area contributed by atoms with Crippen molar-refractivity contribution in [2.24, 2.45) is 0 Å². The number of ether oxygens (including phenoxy) is 2. The summed E-state index contributed by atoms with van der Waals surface area (Å²) in [4.78, 5) is 23.3. The fourth-order valence-electron chi connectivity index (χ4n) is 2.88. The van der Waals surface area contributed by atoms with Crippen molar-refractivity contribution in [1.82, 2.24) is 0 Å². The Kier molecular flexibility index (Phi) is 4.06. The van der Waals surface area contributed by atoms with E-state index in [1.807, 2.05) is 13.8 Å². The third-order valence-corrected chi connectivity index (χ3v) is 4.13. The molecule has 0 saturated carbocycles. The highest BCUT2D eigenvalue weighted by atomic mass is 16.6. The third-order valence-electron chi connectivity index (χ3n) is 4.13. The van der Waals surface area contributed by atoms with E-state index >= 15 is 0 Å². The Morgan fingerprint density at radius 1 is 1.36 bits per heavy atom. The fourth-order valence-corrected chi connectivity index (χ4v) is 2.88. The predicted molar refractivity (Wildman–Crippen MR) is 91.9 cm³/mol. The summed E-state index contributed by atoms with van der Waals surface area (Å²) < 4.78 is 16.4. The molecule has 3 rings (SSSR count). The Morgan fingerprint density at radius 3 is 2.76 bits per heavy atom. The first kappa shape index (κ1) is 17.1. The van der Waals surface area contributed by atoms with Gasteiger partial charge < -0.3 is 19.0 Å². The summed E-state index contributed by atoms with van der Waals surface area (Å²) in [5.41, 5.74) is 0.256. The monoisotopic (exact) mass is 344 g/mol. The van der Waals surface area contributed by atoms with Crippen LogP contribution in [0, 0.1) is 0 Å². The quantitative estimate of drug-likeness (QED) is 0.523. The number of phenols is 1. The fraction of sp³-hybridized carbons (Fsp3) is 0.368. The maximum Gasteiger partial charge on any atom is 0.336 e. The molecule has 1 N–H and O–H groups in total. The van der Waals surface area contributed by atoms with Crippen LogP contribution in [-0.4, -0.2) is 22.8 Å². The van der Waals surface area contributed by atoms with Crippen LogP contribution >= 0.6 is 0 Å². The van der Waals surface area contributed by atoms with Crippen LogP contribution in [0.4, 0.5) is 0 Å². The number of allylic oxidation sites excluding steroid dienone is 1. The standard InChI is InChI=1S/C19H20O6/c1-10(2)7-15(21)25-19(3,4)13-9-12-8-11-5-6-14(20)24-17(11)16(22)18(12)23-13/h5-8,13,22H,9H2,1-4H3. The molecule has 0 aliphatic carbocycles. The van der Waals surface area contributed by atoms with E-state index < -0.39 is 23.3 Å². The summed E-state index contributed by atoms with van der Waals surface area (Å²) >= 11 is 0. The maximum absolute atomic E-state index is 11.9. The van der Waals surface area contributed by atoms with E-state index in [1.54, 1.807) is 26.0 Å². The molecule has 1 aromatic carbocycles. The number of benzene rings is 1. The number of aromatic hydroxyl groups is 1. The number of rotatable bonds is 3. The molecule has 0 fully saturated rings. The van der Waals surface area contributed by atoms with Gasteiger partial charge in [0.2, 0.25) is 5.75 Å². The average molecular weight is 344 g/mol. The van der Waals surface area contributed by atoms with Crippen LogP contribution in [0.15, 0.2) is 39.1 Å². The largest absolute Gasteiger partial charge is 0.502 e. The normalized spacial score (nSPS) is 16.2. The molecule has 6 heteroatoms. The number of carbonyl (C=O) groups is 1. The molecular weight excluding hydrogens is 324 g/mol. The maximum atomic E-state index is 11.9. The summed E-state index contributed by atoms with van der Waals surface area (Å²) in [6.45, 7) is 7.15. The van der Waals surface area contributed by atoms with E-state index in [4.69, 9.17) is 13.9 Å². The number of carbonyl (C=O) groups excluding carboxylic acids is 1. The van der Waals surface area contributed by atoms with Gasteiger partial charge in [0, 0.05) is 29.5 Å². The summed E-state index contributed by atoms with van der Waals surface area (Å²) in [6.07, 6.45) is 1.42. The topological polar surface area (TPSA) is 86.0 Å². The van der Waals surface area contributed by atoms with E-state index in [2.05, 4.69) is 0 Å². The molecule has 0 spiro atoms. The van der Waals surface area contributed by atoms with E-state index in [0.717, 1.165) is 11.1 Å². The van der Waals surface area contributed by atoms with Gasteiger partial charge in [-0.05, 0) is 39.8 Å². The molecule has 0 bridgehead atoms. The number of hydrogen-bond donors (Lipinski definition) is 1. The lowest BCUT2D eigenvalue weighted by molar-refractivity contribution is -0.158. The van der Waals surface area contributed by atoms with Gasteiger partial charge in [-0.25, -0.2) is 9.59 Å². The van der Waals surface area contributed by atoms with Gasteiger partial charge in [0.25, 0.3) is 0 Å². The highest BCUT2D eigenvalue weighted by molar-refractivity contribution is 5.87. The molecule has 132 valence electrons. The molecule has 1 aromatic heterocycles. The van der Waals surface area contributed by atoms with Crippen molar-refractivity contribution in [3.8, 4) is 11.5 Å². The Bertz CT molecular complexity index is 931. The molecular formula is C19H20O6. The van der Waals surface area contributed by atoms with E-state index in [0.29, 0.717) is 11.8 Å². The van der Waals surface area contributed by atoms with Crippen LogP contribution in [0.2, 0.25) is 0 Å². The van der Waals surface area contributed by atoms with Gasteiger partial charge in [-0.2, -0.15) is 0 Å². The van der Waals surface area contributed by atoms with Crippen LogP contribution < -0.4 is 10.4 Å². The minimum absolute atomic E-state index is 0.0891. The van der Waals surface area contributed by atoms with Crippen molar-refractivity contribution in [3.63, 3.8) is 0 Å². The first-order chi connectivity index (χ1) is 11.7. The predicted octanol–water partition coefficient (Wildman–Crippen LogP) is 3.09. The number of hydrogen-bond acceptors (Lipinski definition) is 6. The highest BCUT2D eigenvalue weighted by Crippen LogP contribution is 2.44. The molecule has 1 aliphatic heterocycles. The highest BCUT2D eigenvalue weighted by Gasteiger charge is 2.41. The third kappa shape index (κ3) is 3.24. The van der Waals surface area contributed by atoms with Gasteiger partial charge in [-0.3, -0.25) is 0 Å². The van der Waals surface area contributed by atoms with E-state index in [1.165, 1.54) is 12.1 Å². The van der Waals surface area contributed by atoms with Crippen LogP contribution in [0.5, 0.6) is 11.5 Å². The van der Waals surface area contributed by atoms with Crippen molar-refractivity contribution in [1.29, 1.82) is 0 Å². The van der Waals surface area contributed by atoms with Crippen LogP contribution in [-0.2, 0) is 16.0 Å². The van der Waals surface area contributed by atoms with Crippen molar-refractivity contribution in [3.05, 3.63) is 45.8 Å². The average Bonchev–Trinajstić information content (AvgIpc) is 2.92. The van der Waals surface area contributed by atoms with Gasteiger partial charge in [-0.1, -0.05) is 5.57 Å². The van der Waals surface area contributed by atoms with Gasteiger partial charge in [0.05, 0.1) is 0 Å². The molecule has 6 nitrogen and oxygen atoms in total. The SMILES string of the molecule is CC(C)=CC(=O)OC(C)(C)C1Cc2cc3ccc(=O)oc3c(O)c2O1. The zero-order valence-corrected chi connectivity index (χ0v) is 14.6. The molecule has 0 radical (unpaired) electrons. The lowest BCUT2D eigenvalue weighted by Gasteiger charge is -2.30. The Hall–Kier alpha value is -2.76. The number of esters is 1. The first-order valence-corrected chi connectivity index (χ1v) is 8.00. The van der Waals surface area contributed by atoms with Gasteiger partial charge >= 0.3 is 11.6 Å². The van der Waals surface area contributed by atoms with Gasteiger partial charge in [0.15, 0.2) is 11.3 Å². The zero-order valence-electron chi connectivity index (χ0n) is 14.6. The minimum atomic E-state index is -0.901. The number of fused-ring (bicyclic) bond motifs is 2. The lowest BCUT2D eigenvalue weighted by atomic mass is 9.96.